The van der Waals surface area contributed by atoms with Gasteiger partial charge in [0.15, 0.2) is 0 Å². The number of nitrogens with zero attached hydrogens (tertiary/aromatic N) is 3. The molecule has 25 heavy (non-hydrogen) atoms. The molecule has 1 saturated heterocycles. The third kappa shape index (κ3) is 6.68. The highest BCUT2D eigenvalue weighted by atomic mass is 16.5. The maximum absolute atomic E-state index is 11.1. The Morgan fingerprint density at radius 3 is 2.64 bits per heavy atom. The standard InChI is InChI=1S/C19H28N4O2/c1-4-18(19-7-8-20-21-19)6-5-17(3)25-14-13-22-9-11-23(12-10-22)15-16(2)24/h4-8H,3,9-15H2,1-2H3,(H,20,21)/b6-5-,18-4+. The second kappa shape index (κ2) is 9.96. The van der Waals surface area contributed by atoms with Crippen LogP contribution in [0, 0.1) is 0 Å². The van der Waals surface area contributed by atoms with Crippen molar-refractivity contribution in [3.05, 3.63) is 48.5 Å². The van der Waals surface area contributed by atoms with E-state index in [-0.39, 0.29) is 5.78 Å². The van der Waals surface area contributed by atoms with Gasteiger partial charge in [0.2, 0.25) is 0 Å². The number of carbonyl (C=O) groups is 1. The lowest BCUT2D eigenvalue weighted by atomic mass is 10.1. The van der Waals surface area contributed by atoms with Crippen LogP contribution in [0.15, 0.2) is 42.8 Å². The van der Waals surface area contributed by atoms with E-state index in [4.69, 9.17) is 4.74 Å². The Bertz CT molecular complexity index is 611. The third-order valence-corrected chi connectivity index (χ3v) is 4.18. The van der Waals surface area contributed by atoms with E-state index in [0.717, 1.165) is 44.0 Å². The lowest BCUT2D eigenvalue weighted by Crippen LogP contribution is -2.48. The first kappa shape index (κ1) is 19.1. The number of hydrogen-bond donors (Lipinski definition) is 1. The number of aromatic amines is 1. The van der Waals surface area contributed by atoms with Crippen molar-refractivity contribution in [2.45, 2.75) is 13.8 Å². The van der Waals surface area contributed by atoms with Crippen molar-refractivity contribution in [2.24, 2.45) is 0 Å². The zero-order chi connectivity index (χ0) is 18.1. The maximum Gasteiger partial charge on any atom is 0.143 e. The van der Waals surface area contributed by atoms with E-state index in [0.29, 0.717) is 18.9 Å². The van der Waals surface area contributed by atoms with Crippen LogP contribution in [0.4, 0.5) is 0 Å². The molecule has 6 heteroatoms. The third-order valence-electron chi connectivity index (χ3n) is 4.18. The van der Waals surface area contributed by atoms with E-state index in [1.807, 2.05) is 31.2 Å². The fourth-order valence-corrected chi connectivity index (χ4v) is 2.78. The van der Waals surface area contributed by atoms with Crippen LogP contribution >= 0.6 is 0 Å². The molecule has 0 atom stereocenters. The molecule has 1 fully saturated rings. The first-order chi connectivity index (χ1) is 12.1. The van der Waals surface area contributed by atoms with Gasteiger partial charge in [0.05, 0.1) is 12.2 Å². The van der Waals surface area contributed by atoms with Crippen LogP contribution < -0.4 is 0 Å². The van der Waals surface area contributed by atoms with Crippen LogP contribution in [0.1, 0.15) is 19.5 Å². The highest BCUT2D eigenvalue weighted by Gasteiger charge is 2.17. The van der Waals surface area contributed by atoms with Crippen molar-refractivity contribution >= 4 is 11.4 Å². The summed E-state index contributed by atoms with van der Waals surface area (Å²) in [5, 5.41) is 6.90. The maximum atomic E-state index is 11.1. The Morgan fingerprint density at radius 2 is 2.04 bits per heavy atom. The van der Waals surface area contributed by atoms with Crippen molar-refractivity contribution in [3.8, 4) is 0 Å². The molecule has 0 bridgehead atoms. The Hall–Kier alpha value is -2.18. The number of allylic oxidation sites excluding steroid dienone is 4. The summed E-state index contributed by atoms with van der Waals surface area (Å²) in [6, 6.07) is 1.93. The normalized spacial score (nSPS) is 17.1. The summed E-state index contributed by atoms with van der Waals surface area (Å²) in [4.78, 5) is 15.7. The van der Waals surface area contributed by atoms with Gasteiger partial charge >= 0.3 is 0 Å². The second-order valence-electron chi connectivity index (χ2n) is 6.18. The minimum Gasteiger partial charge on any atom is -0.493 e. The lowest BCUT2D eigenvalue weighted by Gasteiger charge is -2.33. The average molecular weight is 344 g/mol. The number of nitrogens with one attached hydrogen (secondary N) is 1. The molecule has 0 amide bonds. The molecule has 0 aliphatic carbocycles. The number of ether oxygens (including phenoxy) is 1. The predicted molar refractivity (Wildman–Crippen MR) is 100 cm³/mol. The molecule has 1 aromatic rings. The van der Waals surface area contributed by atoms with E-state index in [1.54, 1.807) is 13.1 Å². The zero-order valence-electron chi connectivity index (χ0n) is 15.2. The highest BCUT2D eigenvalue weighted by molar-refractivity contribution is 5.77. The van der Waals surface area contributed by atoms with Crippen LogP contribution in [0.25, 0.3) is 5.57 Å². The fraction of sp³-hybridized carbons (Fsp3) is 0.474. The molecule has 0 aromatic carbocycles. The number of aromatic nitrogens is 2. The van der Waals surface area contributed by atoms with Crippen molar-refractivity contribution in [1.82, 2.24) is 20.0 Å². The van der Waals surface area contributed by atoms with Crippen molar-refractivity contribution in [2.75, 3.05) is 45.9 Å². The highest BCUT2D eigenvalue weighted by Crippen LogP contribution is 2.13. The smallest absolute Gasteiger partial charge is 0.143 e. The van der Waals surface area contributed by atoms with Gasteiger partial charge in [0, 0.05) is 38.9 Å². The Kier molecular flexibility index (Phi) is 7.63. The van der Waals surface area contributed by atoms with Crippen LogP contribution in [0.3, 0.4) is 0 Å². The number of piperazine rings is 1. The molecule has 2 rings (SSSR count). The van der Waals surface area contributed by atoms with Crippen LogP contribution in [-0.2, 0) is 9.53 Å². The number of rotatable bonds is 9. The summed E-state index contributed by atoms with van der Waals surface area (Å²) in [5.41, 5.74) is 2.01. The summed E-state index contributed by atoms with van der Waals surface area (Å²) in [7, 11) is 0. The number of Topliss-reactive ketones (excluding diaryl/α,β-unsaturated/α-hetero) is 1. The topological polar surface area (TPSA) is 61.5 Å². The molecule has 0 radical (unpaired) electrons. The SMILES string of the molecule is C=C(/C=C\C(=C/C)c1ccn[nH]1)OCCN1CCN(CC(C)=O)CC1. The largest absolute Gasteiger partial charge is 0.493 e. The van der Waals surface area contributed by atoms with Gasteiger partial charge in [-0.05, 0) is 37.6 Å². The Balaban J connectivity index is 1.66. The van der Waals surface area contributed by atoms with E-state index in [1.165, 1.54) is 0 Å². The van der Waals surface area contributed by atoms with Gasteiger partial charge in [-0.25, -0.2) is 0 Å². The minimum absolute atomic E-state index is 0.232. The second-order valence-corrected chi connectivity index (χ2v) is 6.18. The van der Waals surface area contributed by atoms with Gasteiger partial charge in [0.1, 0.15) is 18.1 Å². The van der Waals surface area contributed by atoms with Crippen LogP contribution in [0.5, 0.6) is 0 Å². The Labute approximate surface area is 149 Å². The van der Waals surface area contributed by atoms with E-state index in [2.05, 4.69) is 26.6 Å². The monoisotopic (exact) mass is 344 g/mol. The fourth-order valence-electron chi connectivity index (χ4n) is 2.78. The summed E-state index contributed by atoms with van der Waals surface area (Å²) in [6.45, 7) is 13.4. The average Bonchev–Trinajstić information content (AvgIpc) is 3.11. The Morgan fingerprint density at radius 1 is 1.32 bits per heavy atom. The molecule has 136 valence electrons. The molecule has 1 aliphatic rings. The molecule has 2 heterocycles. The first-order valence-corrected chi connectivity index (χ1v) is 8.68. The van der Waals surface area contributed by atoms with Crippen LogP contribution in [-0.4, -0.2) is 71.7 Å². The zero-order valence-corrected chi connectivity index (χ0v) is 15.2. The van der Waals surface area contributed by atoms with Gasteiger partial charge in [0.25, 0.3) is 0 Å². The molecule has 0 spiro atoms. The van der Waals surface area contributed by atoms with Gasteiger partial charge < -0.3 is 4.74 Å². The van der Waals surface area contributed by atoms with E-state index in [9.17, 15) is 4.79 Å². The molecule has 1 N–H and O–H groups in total. The van der Waals surface area contributed by atoms with Crippen molar-refractivity contribution in [3.63, 3.8) is 0 Å². The van der Waals surface area contributed by atoms with Crippen LogP contribution in [0.2, 0.25) is 0 Å². The van der Waals surface area contributed by atoms with Crippen molar-refractivity contribution in [1.29, 1.82) is 0 Å². The van der Waals surface area contributed by atoms with Gasteiger partial charge in [-0.1, -0.05) is 12.7 Å². The summed E-state index contributed by atoms with van der Waals surface area (Å²) in [6.07, 6.45) is 7.59. The molecule has 6 nitrogen and oxygen atoms in total. The number of H-pyrrole nitrogens is 1. The summed E-state index contributed by atoms with van der Waals surface area (Å²) < 4.78 is 5.70. The van der Waals surface area contributed by atoms with E-state index < -0.39 is 0 Å². The predicted octanol–water partition coefficient (Wildman–Crippen LogP) is 2.11. The van der Waals surface area contributed by atoms with E-state index >= 15 is 0 Å². The number of carbonyl (C=O) groups excluding carboxylic acids is 1. The first-order valence-electron chi connectivity index (χ1n) is 8.68. The number of ketones is 1. The molecule has 0 unspecified atom stereocenters. The number of hydrogen-bond acceptors (Lipinski definition) is 5. The molecule has 1 aromatic heterocycles. The lowest BCUT2D eigenvalue weighted by molar-refractivity contribution is -0.118. The molecule has 1 aliphatic heterocycles. The molecular formula is C19H28N4O2. The van der Waals surface area contributed by atoms with Crippen molar-refractivity contribution < 1.29 is 9.53 Å². The summed E-state index contributed by atoms with van der Waals surface area (Å²) >= 11 is 0. The van der Waals surface area contributed by atoms with Gasteiger partial charge in [-0.15, -0.1) is 0 Å². The van der Waals surface area contributed by atoms with Gasteiger partial charge in [-0.3, -0.25) is 19.7 Å². The molecule has 0 saturated carbocycles. The molecular weight excluding hydrogens is 316 g/mol. The van der Waals surface area contributed by atoms with Gasteiger partial charge in [-0.2, -0.15) is 5.10 Å². The minimum atomic E-state index is 0.232. The quantitative estimate of drug-likeness (QED) is 0.549. The summed E-state index contributed by atoms with van der Waals surface area (Å²) in [5.74, 6) is 0.879.